The highest BCUT2D eigenvalue weighted by Crippen LogP contribution is 2.29. The minimum absolute atomic E-state index is 0.298. The summed E-state index contributed by atoms with van der Waals surface area (Å²) in [6, 6.07) is -1.00. The molecule has 0 bridgehead atoms. The SMILES string of the molecule is CCCCOC(=O)CNC(=O)[C@@H](NC(C)=O)C(C)(C)SN=O. The largest absolute Gasteiger partial charge is 0.464 e. The molecular weight excluding hydrogens is 310 g/mol. The number of carbonyl (C=O) groups is 3. The van der Waals surface area contributed by atoms with E-state index in [-0.39, 0.29) is 6.54 Å². The van der Waals surface area contributed by atoms with Crippen LogP contribution in [0.4, 0.5) is 0 Å². The fraction of sp³-hybridized carbons (Fsp3) is 0.769. The lowest BCUT2D eigenvalue weighted by Crippen LogP contribution is -2.56. The zero-order chi connectivity index (χ0) is 17.2. The number of carbonyl (C=O) groups excluding carboxylic acids is 3. The Morgan fingerprint density at radius 3 is 2.45 bits per heavy atom. The summed E-state index contributed by atoms with van der Waals surface area (Å²) >= 11 is 0.641. The second kappa shape index (κ2) is 10.1. The van der Waals surface area contributed by atoms with Gasteiger partial charge in [-0.25, -0.2) is 0 Å². The molecule has 0 unspecified atom stereocenters. The van der Waals surface area contributed by atoms with E-state index in [0.29, 0.717) is 18.6 Å². The van der Waals surface area contributed by atoms with Crippen LogP contribution in [0.2, 0.25) is 0 Å². The number of amides is 2. The number of esters is 1. The van der Waals surface area contributed by atoms with Crippen LogP contribution >= 0.6 is 11.9 Å². The molecule has 2 N–H and O–H groups in total. The second-order valence-corrected chi connectivity index (χ2v) is 6.58. The Hall–Kier alpha value is -1.64. The Morgan fingerprint density at radius 2 is 1.95 bits per heavy atom. The lowest BCUT2D eigenvalue weighted by Gasteiger charge is -2.30. The number of hydrogen-bond acceptors (Lipinski definition) is 7. The van der Waals surface area contributed by atoms with Crippen molar-refractivity contribution in [3.63, 3.8) is 0 Å². The van der Waals surface area contributed by atoms with Crippen LogP contribution in [0.25, 0.3) is 0 Å². The lowest BCUT2D eigenvalue weighted by atomic mass is 10.0. The fourth-order valence-corrected chi connectivity index (χ4v) is 2.01. The van der Waals surface area contributed by atoms with Gasteiger partial charge in [-0.3, -0.25) is 14.4 Å². The third-order valence-corrected chi connectivity index (χ3v) is 3.53. The molecule has 0 fully saturated rings. The summed E-state index contributed by atoms with van der Waals surface area (Å²) in [5.41, 5.74) is 0. The summed E-state index contributed by atoms with van der Waals surface area (Å²) in [4.78, 5) is 45.3. The summed E-state index contributed by atoms with van der Waals surface area (Å²) < 4.78 is 6.66. The van der Waals surface area contributed by atoms with Crippen molar-refractivity contribution >= 4 is 29.7 Å². The lowest BCUT2D eigenvalue weighted by molar-refractivity contribution is -0.144. The highest BCUT2D eigenvalue weighted by molar-refractivity contribution is 7.99. The van der Waals surface area contributed by atoms with E-state index in [1.165, 1.54) is 6.92 Å². The maximum Gasteiger partial charge on any atom is 0.325 e. The molecule has 0 spiro atoms. The minimum atomic E-state index is -1.00. The first kappa shape index (κ1) is 20.4. The van der Waals surface area contributed by atoms with E-state index < -0.39 is 28.6 Å². The topological polar surface area (TPSA) is 114 Å². The molecule has 22 heavy (non-hydrogen) atoms. The molecule has 0 aliphatic carbocycles. The Morgan fingerprint density at radius 1 is 1.32 bits per heavy atom. The van der Waals surface area contributed by atoms with Crippen molar-refractivity contribution < 1.29 is 19.1 Å². The monoisotopic (exact) mass is 333 g/mol. The highest BCUT2D eigenvalue weighted by atomic mass is 32.2. The van der Waals surface area contributed by atoms with Crippen LogP contribution in [0.5, 0.6) is 0 Å². The van der Waals surface area contributed by atoms with Crippen molar-refractivity contribution in [1.82, 2.24) is 10.6 Å². The van der Waals surface area contributed by atoms with E-state index in [1.54, 1.807) is 13.8 Å². The molecule has 9 heteroatoms. The first-order valence-electron chi connectivity index (χ1n) is 6.95. The van der Waals surface area contributed by atoms with Crippen LogP contribution in [0.1, 0.15) is 40.5 Å². The van der Waals surface area contributed by atoms with Crippen molar-refractivity contribution in [2.75, 3.05) is 13.2 Å². The smallest absolute Gasteiger partial charge is 0.325 e. The van der Waals surface area contributed by atoms with Crippen molar-refractivity contribution in [3.8, 4) is 0 Å². The van der Waals surface area contributed by atoms with Crippen molar-refractivity contribution in [3.05, 3.63) is 4.91 Å². The van der Waals surface area contributed by atoms with Crippen LogP contribution in [0.15, 0.2) is 4.58 Å². The number of ether oxygens (including phenoxy) is 1. The minimum Gasteiger partial charge on any atom is -0.464 e. The number of nitrogens with one attached hydrogen (secondary N) is 2. The van der Waals surface area contributed by atoms with Crippen LogP contribution in [-0.2, 0) is 19.1 Å². The molecule has 2 amide bonds. The van der Waals surface area contributed by atoms with Gasteiger partial charge in [-0.2, -0.15) is 0 Å². The number of nitroso groups, excluding NO2 is 1. The van der Waals surface area contributed by atoms with Crippen molar-refractivity contribution in [2.24, 2.45) is 4.58 Å². The normalized spacial score (nSPS) is 12.2. The van der Waals surface area contributed by atoms with Crippen LogP contribution < -0.4 is 10.6 Å². The van der Waals surface area contributed by atoms with E-state index in [4.69, 9.17) is 4.74 Å². The summed E-state index contributed by atoms with van der Waals surface area (Å²) in [5, 5.41) is 4.85. The molecule has 0 radical (unpaired) electrons. The average molecular weight is 333 g/mol. The molecule has 0 aliphatic heterocycles. The van der Waals surface area contributed by atoms with Gasteiger partial charge in [-0.1, -0.05) is 13.3 Å². The summed E-state index contributed by atoms with van der Waals surface area (Å²) in [5.74, 6) is -1.56. The third kappa shape index (κ3) is 7.96. The molecule has 8 nitrogen and oxygen atoms in total. The third-order valence-electron chi connectivity index (χ3n) is 2.75. The molecule has 0 rings (SSSR count). The van der Waals surface area contributed by atoms with E-state index in [9.17, 15) is 19.3 Å². The van der Waals surface area contributed by atoms with Gasteiger partial charge in [-0.15, -0.1) is 4.91 Å². The first-order chi connectivity index (χ1) is 10.2. The molecule has 0 aromatic heterocycles. The Bertz CT molecular complexity index is 414. The molecule has 1 atom stereocenters. The maximum absolute atomic E-state index is 12.1. The van der Waals surface area contributed by atoms with E-state index in [2.05, 4.69) is 15.2 Å². The standard InChI is InChI=1S/C13H23N3O5S/c1-5-6-7-21-10(18)8-14-12(19)11(15-9(2)17)13(3,4)22-16-20/h11H,5-8H2,1-4H3,(H,14,19)(H,15,17)/t11-/m1/s1. The van der Waals surface area contributed by atoms with Gasteiger partial charge < -0.3 is 15.4 Å². The van der Waals surface area contributed by atoms with Crippen LogP contribution in [-0.4, -0.2) is 41.7 Å². The average Bonchev–Trinajstić information content (AvgIpc) is 2.42. The molecule has 0 aliphatic rings. The van der Waals surface area contributed by atoms with Gasteiger partial charge in [0.25, 0.3) is 0 Å². The predicted molar refractivity (Wildman–Crippen MR) is 83.9 cm³/mol. The molecule has 0 aromatic rings. The van der Waals surface area contributed by atoms with Crippen LogP contribution in [0.3, 0.4) is 0 Å². The molecule has 0 aromatic carbocycles. The molecule has 0 saturated carbocycles. The summed E-state index contributed by atoms with van der Waals surface area (Å²) in [6.07, 6.45) is 1.65. The highest BCUT2D eigenvalue weighted by Gasteiger charge is 2.37. The number of rotatable bonds is 10. The fourth-order valence-electron chi connectivity index (χ4n) is 1.55. The van der Waals surface area contributed by atoms with E-state index in [0.717, 1.165) is 12.8 Å². The first-order valence-corrected chi connectivity index (χ1v) is 7.73. The predicted octanol–water partition coefficient (Wildman–Crippen LogP) is 1.14. The summed E-state index contributed by atoms with van der Waals surface area (Å²) in [6.45, 7) is 6.42. The quantitative estimate of drug-likeness (QED) is 0.268. The Kier molecular flexibility index (Phi) is 9.39. The van der Waals surface area contributed by atoms with Gasteiger partial charge >= 0.3 is 5.97 Å². The maximum atomic E-state index is 12.1. The van der Waals surface area contributed by atoms with Gasteiger partial charge in [0, 0.05) is 23.5 Å². The molecule has 0 heterocycles. The van der Waals surface area contributed by atoms with Gasteiger partial charge in [0.05, 0.1) is 11.4 Å². The number of hydrogen-bond donors (Lipinski definition) is 2. The summed E-state index contributed by atoms with van der Waals surface area (Å²) in [7, 11) is 0. The van der Waals surface area contributed by atoms with Gasteiger partial charge in [0.2, 0.25) is 11.8 Å². The molecule has 126 valence electrons. The van der Waals surface area contributed by atoms with E-state index >= 15 is 0 Å². The van der Waals surface area contributed by atoms with Gasteiger partial charge in [0.15, 0.2) is 0 Å². The Labute approximate surface area is 134 Å². The van der Waals surface area contributed by atoms with Crippen LogP contribution in [0, 0.1) is 4.91 Å². The molecule has 0 saturated heterocycles. The van der Waals surface area contributed by atoms with Crippen molar-refractivity contribution in [1.29, 1.82) is 0 Å². The Balaban J connectivity index is 4.61. The van der Waals surface area contributed by atoms with E-state index in [1.807, 2.05) is 6.92 Å². The molecular formula is C13H23N3O5S. The number of unbranched alkanes of at least 4 members (excludes halogenated alkanes) is 1. The zero-order valence-corrected chi connectivity index (χ0v) is 14.1. The second-order valence-electron chi connectivity index (χ2n) is 5.19. The number of nitrogens with zero attached hydrogens (tertiary/aromatic N) is 1. The van der Waals surface area contributed by atoms with Crippen molar-refractivity contribution in [2.45, 2.75) is 51.3 Å². The van der Waals surface area contributed by atoms with Gasteiger partial charge in [0.1, 0.15) is 12.6 Å². The zero-order valence-electron chi connectivity index (χ0n) is 13.3. The van der Waals surface area contributed by atoms with Gasteiger partial charge in [-0.05, 0) is 20.3 Å².